The third-order valence-electron chi connectivity index (χ3n) is 2.48. The molecule has 0 unspecified atom stereocenters. The van der Waals surface area contributed by atoms with Gasteiger partial charge in [0.1, 0.15) is 0 Å². The van der Waals surface area contributed by atoms with E-state index in [4.69, 9.17) is 4.74 Å². The van der Waals surface area contributed by atoms with Crippen molar-refractivity contribution in [2.24, 2.45) is 5.92 Å². The fourth-order valence-corrected chi connectivity index (χ4v) is 1.47. The number of rotatable bonds is 5. The van der Waals surface area contributed by atoms with Crippen LogP contribution in [0.2, 0.25) is 0 Å². The first kappa shape index (κ1) is 9.01. The van der Waals surface area contributed by atoms with Crippen LogP contribution in [-0.4, -0.2) is 26.3 Å². The first-order valence-electron chi connectivity index (χ1n) is 4.63. The summed E-state index contributed by atoms with van der Waals surface area (Å²) in [5.41, 5.74) is 0. The van der Waals surface area contributed by atoms with Gasteiger partial charge in [0, 0.05) is 6.54 Å². The molecule has 1 aliphatic carbocycles. The van der Waals surface area contributed by atoms with E-state index in [9.17, 15) is 0 Å². The highest BCUT2D eigenvalue weighted by atomic mass is 16.5. The van der Waals surface area contributed by atoms with Crippen LogP contribution in [0.5, 0.6) is 0 Å². The minimum absolute atomic E-state index is 0.577. The Kier molecular flexibility index (Phi) is 3.87. The normalized spacial score (nSPS) is 30.0. The fraction of sp³-hybridized carbons (Fsp3) is 1.00. The molecule has 0 spiro atoms. The second kappa shape index (κ2) is 4.73. The third-order valence-corrected chi connectivity index (χ3v) is 2.48. The molecule has 2 nitrogen and oxygen atoms in total. The molecule has 1 aliphatic rings. The average Bonchev–Trinajstić information content (AvgIpc) is 1.94. The summed E-state index contributed by atoms with van der Waals surface area (Å²) in [6, 6.07) is 0. The summed E-state index contributed by atoms with van der Waals surface area (Å²) >= 11 is 0. The van der Waals surface area contributed by atoms with Crippen LogP contribution in [-0.2, 0) is 4.74 Å². The predicted octanol–water partition coefficient (Wildman–Crippen LogP) is 1.41. The van der Waals surface area contributed by atoms with Gasteiger partial charge in [0.25, 0.3) is 0 Å². The highest BCUT2D eigenvalue weighted by molar-refractivity contribution is 4.78. The molecule has 0 aromatic carbocycles. The van der Waals surface area contributed by atoms with Gasteiger partial charge < -0.3 is 10.1 Å². The summed E-state index contributed by atoms with van der Waals surface area (Å²) in [7, 11) is 1.96. The highest BCUT2D eigenvalue weighted by Gasteiger charge is 2.27. The van der Waals surface area contributed by atoms with E-state index in [0.717, 1.165) is 19.1 Å². The van der Waals surface area contributed by atoms with Crippen molar-refractivity contribution in [3.05, 3.63) is 0 Å². The maximum atomic E-state index is 5.59. The van der Waals surface area contributed by atoms with E-state index in [1.807, 2.05) is 7.05 Å². The summed E-state index contributed by atoms with van der Waals surface area (Å²) in [6.07, 6.45) is 4.49. The van der Waals surface area contributed by atoms with E-state index in [2.05, 4.69) is 12.2 Å². The van der Waals surface area contributed by atoms with Crippen LogP contribution < -0.4 is 5.32 Å². The molecule has 0 aromatic rings. The minimum Gasteiger partial charge on any atom is -0.377 e. The Bertz CT molecular complexity index is 99.7. The lowest BCUT2D eigenvalue weighted by Gasteiger charge is -2.34. The zero-order chi connectivity index (χ0) is 8.10. The van der Waals surface area contributed by atoms with E-state index in [1.165, 1.54) is 19.3 Å². The average molecular weight is 157 g/mol. The van der Waals surface area contributed by atoms with Crippen molar-refractivity contribution >= 4 is 0 Å². The van der Waals surface area contributed by atoms with Crippen molar-refractivity contribution in [1.29, 1.82) is 0 Å². The molecule has 1 saturated carbocycles. The number of ether oxygens (including phenoxy) is 1. The molecule has 0 atom stereocenters. The van der Waals surface area contributed by atoms with Gasteiger partial charge in [0.15, 0.2) is 0 Å². The van der Waals surface area contributed by atoms with Crippen molar-refractivity contribution in [1.82, 2.24) is 5.32 Å². The molecule has 0 saturated heterocycles. The largest absolute Gasteiger partial charge is 0.377 e. The summed E-state index contributed by atoms with van der Waals surface area (Å²) < 4.78 is 5.59. The second-order valence-corrected chi connectivity index (χ2v) is 3.34. The molecular formula is C9H19NO. The zero-order valence-electron chi connectivity index (χ0n) is 7.60. The van der Waals surface area contributed by atoms with Crippen molar-refractivity contribution < 1.29 is 4.74 Å². The number of nitrogens with one attached hydrogen (secondary N) is 1. The van der Waals surface area contributed by atoms with Crippen LogP contribution in [0.3, 0.4) is 0 Å². The van der Waals surface area contributed by atoms with Gasteiger partial charge in [-0.15, -0.1) is 0 Å². The summed E-state index contributed by atoms with van der Waals surface area (Å²) in [5.74, 6) is 0.953. The Morgan fingerprint density at radius 2 is 2.18 bits per heavy atom. The van der Waals surface area contributed by atoms with Crippen LogP contribution in [0.1, 0.15) is 26.2 Å². The van der Waals surface area contributed by atoms with Crippen LogP contribution >= 0.6 is 0 Å². The third kappa shape index (κ3) is 2.80. The molecule has 1 fully saturated rings. The van der Waals surface area contributed by atoms with Gasteiger partial charge in [-0.1, -0.05) is 13.3 Å². The molecule has 11 heavy (non-hydrogen) atoms. The molecule has 1 rings (SSSR count). The lowest BCUT2D eigenvalue weighted by atomic mass is 9.80. The van der Waals surface area contributed by atoms with Crippen LogP contribution in [0.15, 0.2) is 0 Å². The second-order valence-electron chi connectivity index (χ2n) is 3.34. The van der Waals surface area contributed by atoms with E-state index in [0.29, 0.717) is 6.10 Å². The summed E-state index contributed by atoms with van der Waals surface area (Å²) in [6.45, 7) is 4.11. The Balaban J connectivity index is 1.88. The van der Waals surface area contributed by atoms with Gasteiger partial charge in [-0.05, 0) is 25.8 Å². The quantitative estimate of drug-likeness (QED) is 0.609. The van der Waals surface area contributed by atoms with Crippen LogP contribution in [0, 0.1) is 5.92 Å². The number of hydrogen-bond donors (Lipinski definition) is 1. The van der Waals surface area contributed by atoms with E-state index in [-0.39, 0.29) is 0 Å². The zero-order valence-corrected chi connectivity index (χ0v) is 7.60. The Morgan fingerprint density at radius 1 is 1.45 bits per heavy atom. The smallest absolute Gasteiger partial charge is 0.0594 e. The molecule has 0 aliphatic heterocycles. The lowest BCUT2D eigenvalue weighted by molar-refractivity contribution is -0.0291. The molecule has 0 bridgehead atoms. The van der Waals surface area contributed by atoms with E-state index in [1.54, 1.807) is 0 Å². The highest BCUT2D eigenvalue weighted by Crippen LogP contribution is 2.31. The van der Waals surface area contributed by atoms with Gasteiger partial charge in [0.2, 0.25) is 0 Å². The van der Waals surface area contributed by atoms with Crippen molar-refractivity contribution in [2.45, 2.75) is 32.3 Å². The molecular weight excluding hydrogens is 138 g/mol. The van der Waals surface area contributed by atoms with Gasteiger partial charge in [0.05, 0.1) is 12.7 Å². The molecule has 1 N–H and O–H groups in total. The van der Waals surface area contributed by atoms with E-state index >= 15 is 0 Å². The molecule has 66 valence electrons. The SMILES string of the molecule is CC[C@H]1C[C@H](OCCNC)C1. The Labute approximate surface area is 69.3 Å². The van der Waals surface area contributed by atoms with Gasteiger partial charge in [-0.3, -0.25) is 0 Å². The van der Waals surface area contributed by atoms with Crippen LogP contribution in [0.4, 0.5) is 0 Å². The Hall–Kier alpha value is -0.0800. The maximum Gasteiger partial charge on any atom is 0.0594 e. The molecule has 0 amide bonds. The summed E-state index contributed by atoms with van der Waals surface area (Å²) in [5, 5.41) is 3.07. The molecule has 0 heterocycles. The minimum atomic E-state index is 0.577. The van der Waals surface area contributed by atoms with Crippen molar-refractivity contribution in [2.75, 3.05) is 20.2 Å². The lowest BCUT2D eigenvalue weighted by Crippen LogP contribution is -2.32. The van der Waals surface area contributed by atoms with Crippen molar-refractivity contribution in [3.8, 4) is 0 Å². The Morgan fingerprint density at radius 3 is 2.73 bits per heavy atom. The van der Waals surface area contributed by atoms with Gasteiger partial charge >= 0.3 is 0 Å². The molecule has 0 radical (unpaired) electrons. The maximum absolute atomic E-state index is 5.59. The standard InChI is InChI=1S/C9H19NO/c1-3-8-6-9(7-8)11-5-4-10-2/h8-10H,3-7H2,1-2H3/t8-,9-. The fourth-order valence-electron chi connectivity index (χ4n) is 1.47. The number of hydrogen-bond acceptors (Lipinski definition) is 2. The first-order chi connectivity index (χ1) is 5.36. The van der Waals surface area contributed by atoms with Gasteiger partial charge in [-0.25, -0.2) is 0 Å². The van der Waals surface area contributed by atoms with Crippen LogP contribution in [0.25, 0.3) is 0 Å². The monoisotopic (exact) mass is 157 g/mol. The predicted molar refractivity (Wildman–Crippen MR) is 46.7 cm³/mol. The summed E-state index contributed by atoms with van der Waals surface area (Å²) in [4.78, 5) is 0. The molecule has 0 aromatic heterocycles. The first-order valence-corrected chi connectivity index (χ1v) is 4.63. The van der Waals surface area contributed by atoms with E-state index < -0.39 is 0 Å². The van der Waals surface area contributed by atoms with Gasteiger partial charge in [-0.2, -0.15) is 0 Å². The topological polar surface area (TPSA) is 21.3 Å². The van der Waals surface area contributed by atoms with Crippen molar-refractivity contribution in [3.63, 3.8) is 0 Å². The molecule has 2 heteroatoms. The number of likely N-dealkylation sites (N-methyl/N-ethyl adjacent to an activating group) is 1.